The van der Waals surface area contributed by atoms with Crippen LogP contribution in [0.25, 0.3) is 17.2 Å². The number of benzene rings is 2. The lowest BCUT2D eigenvalue weighted by Crippen LogP contribution is -2.05. The van der Waals surface area contributed by atoms with E-state index in [-0.39, 0.29) is 12.6 Å². The van der Waals surface area contributed by atoms with Crippen LogP contribution in [-0.4, -0.2) is 5.97 Å². The summed E-state index contributed by atoms with van der Waals surface area (Å²) < 4.78 is 5.26. The van der Waals surface area contributed by atoms with E-state index in [4.69, 9.17) is 4.74 Å². The minimum atomic E-state index is -0.373. The average molecular weight is 278 g/mol. The minimum Gasteiger partial charge on any atom is -0.457 e. The lowest BCUT2D eigenvalue weighted by molar-refractivity contribution is -0.140. The minimum absolute atomic E-state index is 0.230. The van der Waals surface area contributed by atoms with Crippen LogP contribution in [0.15, 0.2) is 67.3 Å². The van der Waals surface area contributed by atoms with Gasteiger partial charge in [-0.1, -0.05) is 67.8 Å². The molecule has 0 atom stereocenters. The van der Waals surface area contributed by atoms with Crippen molar-refractivity contribution in [3.8, 4) is 11.1 Å². The van der Waals surface area contributed by atoms with Crippen LogP contribution < -0.4 is 0 Å². The molecule has 0 fully saturated rings. The Labute approximate surface area is 125 Å². The largest absolute Gasteiger partial charge is 0.457 e. The van der Waals surface area contributed by atoms with E-state index in [1.54, 1.807) is 6.92 Å². The van der Waals surface area contributed by atoms with E-state index in [1.807, 2.05) is 54.6 Å². The molecule has 2 nitrogen and oxygen atoms in total. The van der Waals surface area contributed by atoms with Crippen LogP contribution in [0.4, 0.5) is 0 Å². The molecule has 0 aliphatic heterocycles. The van der Waals surface area contributed by atoms with Gasteiger partial charge < -0.3 is 4.74 Å². The maximum atomic E-state index is 11.5. The number of rotatable bonds is 5. The highest BCUT2D eigenvalue weighted by Crippen LogP contribution is 2.28. The van der Waals surface area contributed by atoms with Crippen molar-refractivity contribution in [2.24, 2.45) is 0 Å². The Morgan fingerprint density at radius 1 is 1.10 bits per heavy atom. The zero-order valence-corrected chi connectivity index (χ0v) is 12.1. The summed E-state index contributed by atoms with van der Waals surface area (Å²) >= 11 is 0. The molecule has 0 heterocycles. The number of ether oxygens (including phenoxy) is 1. The van der Waals surface area contributed by atoms with E-state index >= 15 is 0 Å². The predicted octanol–water partition coefficient (Wildman–Crippen LogP) is 4.62. The van der Waals surface area contributed by atoms with Crippen LogP contribution >= 0.6 is 0 Å². The Bertz CT molecular complexity index is 683. The zero-order valence-electron chi connectivity index (χ0n) is 12.1. The van der Waals surface area contributed by atoms with Gasteiger partial charge in [0.2, 0.25) is 0 Å². The fourth-order valence-electron chi connectivity index (χ4n) is 2.10. The van der Waals surface area contributed by atoms with E-state index in [9.17, 15) is 4.79 Å². The third-order valence-electron chi connectivity index (χ3n) is 3.20. The number of esters is 1. The molecule has 106 valence electrons. The van der Waals surface area contributed by atoms with Gasteiger partial charge in [-0.15, -0.1) is 0 Å². The highest BCUT2D eigenvalue weighted by molar-refractivity contribution is 5.87. The molecule has 0 saturated carbocycles. The van der Waals surface area contributed by atoms with E-state index in [0.717, 1.165) is 22.3 Å². The van der Waals surface area contributed by atoms with Crippen LogP contribution in [0.2, 0.25) is 0 Å². The van der Waals surface area contributed by atoms with Gasteiger partial charge in [0.05, 0.1) is 0 Å². The molecule has 0 radical (unpaired) electrons. The Balaban J connectivity index is 2.35. The molecule has 21 heavy (non-hydrogen) atoms. The first-order valence-corrected chi connectivity index (χ1v) is 6.76. The first kappa shape index (κ1) is 14.8. The van der Waals surface area contributed by atoms with Crippen molar-refractivity contribution in [3.05, 3.63) is 78.4 Å². The van der Waals surface area contributed by atoms with E-state index in [0.29, 0.717) is 5.57 Å². The van der Waals surface area contributed by atoms with Gasteiger partial charge in [-0.05, 0) is 29.2 Å². The quantitative estimate of drug-likeness (QED) is 0.589. The van der Waals surface area contributed by atoms with Crippen molar-refractivity contribution < 1.29 is 9.53 Å². The van der Waals surface area contributed by atoms with Crippen LogP contribution in [0, 0.1) is 0 Å². The number of carbonyl (C=O) groups is 1. The van der Waals surface area contributed by atoms with Crippen molar-refractivity contribution in [1.29, 1.82) is 0 Å². The van der Waals surface area contributed by atoms with E-state index in [1.165, 1.54) is 0 Å². The van der Waals surface area contributed by atoms with Gasteiger partial charge in [0, 0.05) is 5.57 Å². The predicted molar refractivity (Wildman–Crippen MR) is 86.6 cm³/mol. The van der Waals surface area contributed by atoms with Crippen molar-refractivity contribution in [1.82, 2.24) is 0 Å². The summed E-state index contributed by atoms with van der Waals surface area (Å²) in [4.78, 5) is 11.5. The first-order chi connectivity index (χ1) is 10.1. The second-order valence-corrected chi connectivity index (χ2v) is 4.80. The van der Waals surface area contributed by atoms with Crippen LogP contribution in [0.5, 0.6) is 0 Å². The SMILES string of the molecule is C=Cc1ccccc1-c1ccccc1COC(=O)C(=C)C. The lowest BCUT2D eigenvalue weighted by atomic mass is 9.96. The Kier molecular flexibility index (Phi) is 4.72. The Hall–Kier alpha value is -2.61. The zero-order chi connectivity index (χ0) is 15.2. The summed E-state index contributed by atoms with van der Waals surface area (Å²) in [5.74, 6) is -0.373. The molecule has 2 rings (SSSR count). The monoisotopic (exact) mass is 278 g/mol. The number of hydrogen-bond donors (Lipinski definition) is 0. The van der Waals surface area contributed by atoms with Crippen LogP contribution in [0.1, 0.15) is 18.1 Å². The van der Waals surface area contributed by atoms with Gasteiger partial charge in [0.15, 0.2) is 0 Å². The average Bonchev–Trinajstić information content (AvgIpc) is 2.52. The first-order valence-electron chi connectivity index (χ1n) is 6.76. The molecular formula is C19H18O2. The maximum absolute atomic E-state index is 11.5. The molecule has 0 bridgehead atoms. The van der Waals surface area contributed by atoms with Gasteiger partial charge in [-0.25, -0.2) is 4.79 Å². The van der Waals surface area contributed by atoms with E-state index in [2.05, 4.69) is 13.2 Å². The Morgan fingerprint density at radius 3 is 2.38 bits per heavy atom. The fourth-order valence-corrected chi connectivity index (χ4v) is 2.10. The van der Waals surface area contributed by atoms with Gasteiger partial charge >= 0.3 is 5.97 Å². The molecule has 0 amide bonds. The second-order valence-electron chi connectivity index (χ2n) is 4.80. The van der Waals surface area contributed by atoms with Gasteiger partial charge in [-0.2, -0.15) is 0 Å². The fraction of sp³-hybridized carbons (Fsp3) is 0.105. The summed E-state index contributed by atoms with van der Waals surface area (Å²) in [6, 6.07) is 15.9. The molecule has 0 N–H and O–H groups in total. The van der Waals surface area contributed by atoms with Crippen molar-refractivity contribution in [2.75, 3.05) is 0 Å². The Morgan fingerprint density at radius 2 is 1.71 bits per heavy atom. The highest BCUT2D eigenvalue weighted by Gasteiger charge is 2.10. The molecule has 0 aliphatic rings. The van der Waals surface area contributed by atoms with E-state index < -0.39 is 0 Å². The summed E-state index contributed by atoms with van der Waals surface area (Å²) in [5, 5.41) is 0. The van der Waals surface area contributed by atoms with Gasteiger partial charge in [0.25, 0.3) is 0 Å². The highest BCUT2D eigenvalue weighted by atomic mass is 16.5. The van der Waals surface area contributed by atoms with Gasteiger partial charge in [-0.3, -0.25) is 0 Å². The van der Waals surface area contributed by atoms with Crippen molar-refractivity contribution in [3.63, 3.8) is 0 Å². The van der Waals surface area contributed by atoms with Crippen LogP contribution in [-0.2, 0) is 16.1 Å². The second kappa shape index (κ2) is 6.71. The number of hydrogen-bond acceptors (Lipinski definition) is 2. The topological polar surface area (TPSA) is 26.3 Å². The molecule has 2 aromatic rings. The molecule has 0 unspecified atom stereocenters. The summed E-state index contributed by atoms with van der Waals surface area (Å²) in [5.41, 5.74) is 4.54. The molecule has 2 heteroatoms. The third-order valence-corrected chi connectivity index (χ3v) is 3.20. The molecule has 0 saturated heterocycles. The smallest absolute Gasteiger partial charge is 0.333 e. The molecule has 0 aliphatic carbocycles. The molecule has 0 aromatic heterocycles. The van der Waals surface area contributed by atoms with Crippen molar-refractivity contribution >= 4 is 12.0 Å². The normalized spacial score (nSPS) is 9.95. The van der Waals surface area contributed by atoms with Crippen LogP contribution in [0.3, 0.4) is 0 Å². The molecular weight excluding hydrogens is 260 g/mol. The lowest BCUT2D eigenvalue weighted by Gasteiger charge is -2.12. The summed E-state index contributed by atoms with van der Waals surface area (Å²) in [6.45, 7) is 9.30. The van der Waals surface area contributed by atoms with Crippen molar-refractivity contribution in [2.45, 2.75) is 13.5 Å². The number of carbonyl (C=O) groups excluding carboxylic acids is 1. The summed E-state index contributed by atoms with van der Waals surface area (Å²) in [7, 11) is 0. The molecule has 0 spiro atoms. The standard InChI is InChI=1S/C19H18O2/c1-4-15-9-5-7-11-17(15)18-12-8-6-10-16(18)13-21-19(20)14(2)3/h4-12H,1-2,13H2,3H3. The summed E-state index contributed by atoms with van der Waals surface area (Å²) in [6.07, 6.45) is 1.83. The third kappa shape index (κ3) is 3.48. The van der Waals surface area contributed by atoms with Gasteiger partial charge in [0.1, 0.15) is 6.61 Å². The molecule has 2 aromatic carbocycles. The maximum Gasteiger partial charge on any atom is 0.333 e.